The summed E-state index contributed by atoms with van der Waals surface area (Å²) in [4.78, 5) is 29.2. The highest BCUT2D eigenvalue weighted by Crippen LogP contribution is 2.45. The van der Waals surface area contributed by atoms with Gasteiger partial charge in [0.15, 0.2) is 0 Å². The van der Waals surface area contributed by atoms with Crippen molar-refractivity contribution in [3.05, 3.63) is 33.1 Å². The van der Waals surface area contributed by atoms with Crippen molar-refractivity contribution in [1.29, 1.82) is 0 Å². The van der Waals surface area contributed by atoms with Crippen molar-refractivity contribution < 1.29 is 9.59 Å². The Hall–Kier alpha value is -1.18. The van der Waals surface area contributed by atoms with E-state index in [2.05, 4.69) is 22.9 Å². The Morgan fingerprint density at radius 1 is 1.21 bits per heavy atom. The Morgan fingerprint density at radius 2 is 1.96 bits per heavy atom. The average Bonchev–Trinajstić information content (AvgIpc) is 2.96. The number of hydrogen-bond acceptors (Lipinski definition) is 4. The Bertz CT molecular complexity index is 776. The Balaban J connectivity index is 2.09. The first-order valence-corrected chi connectivity index (χ1v) is 9.83. The summed E-state index contributed by atoms with van der Waals surface area (Å²) in [5, 5.41) is 0. The van der Waals surface area contributed by atoms with Crippen LogP contribution in [0.3, 0.4) is 0 Å². The molecule has 0 aromatic heterocycles. The average molecular weight is 425 g/mol. The van der Waals surface area contributed by atoms with Crippen molar-refractivity contribution in [1.82, 2.24) is 4.90 Å². The minimum Gasteiger partial charge on any atom is -0.308 e. The van der Waals surface area contributed by atoms with E-state index in [0.29, 0.717) is 21.3 Å². The molecule has 0 radical (unpaired) electrons. The molecule has 0 aliphatic carbocycles. The van der Waals surface area contributed by atoms with Crippen LogP contribution >= 0.6 is 39.9 Å². The molecule has 2 aliphatic rings. The van der Waals surface area contributed by atoms with Gasteiger partial charge < -0.3 is 4.90 Å². The summed E-state index contributed by atoms with van der Waals surface area (Å²) in [5.41, 5.74) is 2.15. The molecular weight excluding hydrogens is 408 g/mol. The zero-order valence-corrected chi connectivity index (χ0v) is 16.7. The number of thiocarbonyl (C=S) groups is 1. The molecule has 1 saturated heterocycles. The second-order valence-electron chi connectivity index (χ2n) is 5.76. The van der Waals surface area contributed by atoms with E-state index < -0.39 is 0 Å². The summed E-state index contributed by atoms with van der Waals surface area (Å²) in [6.07, 6.45) is 3.11. The highest BCUT2D eigenvalue weighted by atomic mass is 79.9. The van der Waals surface area contributed by atoms with Crippen LogP contribution in [0.15, 0.2) is 27.6 Å². The third-order valence-corrected chi connectivity index (χ3v) is 6.20. The normalized spacial score (nSPS) is 20.4. The van der Waals surface area contributed by atoms with E-state index in [-0.39, 0.29) is 11.8 Å². The molecule has 4 nitrogen and oxygen atoms in total. The number of halogens is 1. The maximum Gasteiger partial charge on any atom is 0.266 e. The van der Waals surface area contributed by atoms with E-state index in [1.807, 2.05) is 18.2 Å². The Labute approximate surface area is 159 Å². The van der Waals surface area contributed by atoms with E-state index in [9.17, 15) is 9.59 Å². The fourth-order valence-electron chi connectivity index (χ4n) is 2.86. The van der Waals surface area contributed by atoms with Crippen molar-refractivity contribution >= 4 is 67.3 Å². The van der Waals surface area contributed by atoms with Crippen LogP contribution in [0.2, 0.25) is 0 Å². The molecule has 1 fully saturated rings. The summed E-state index contributed by atoms with van der Waals surface area (Å²) in [6, 6.07) is 5.76. The molecule has 24 heavy (non-hydrogen) atoms. The smallest absolute Gasteiger partial charge is 0.266 e. The minimum atomic E-state index is -0.199. The number of benzene rings is 1. The van der Waals surface area contributed by atoms with E-state index in [0.717, 1.165) is 35.0 Å². The number of amides is 2. The first-order valence-electron chi connectivity index (χ1n) is 7.81. The van der Waals surface area contributed by atoms with Gasteiger partial charge in [0.05, 0.1) is 16.2 Å². The number of carbonyl (C=O) groups is 2. The predicted molar refractivity (Wildman–Crippen MR) is 106 cm³/mol. The van der Waals surface area contributed by atoms with Crippen LogP contribution in [0, 0.1) is 0 Å². The molecule has 0 bridgehead atoms. The molecule has 2 aliphatic heterocycles. The zero-order valence-electron chi connectivity index (χ0n) is 13.5. The summed E-state index contributed by atoms with van der Waals surface area (Å²) < 4.78 is 1.37. The number of likely N-dealkylation sites (N-methyl/N-ethyl adjacent to an activating group) is 1. The number of unbranched alkanes of at least 4 members (excludes halogenated alkanes) is 2. The van der Waals surface area contributed by atoms with Crippen LogP contribution in [-0.4, -0.2) is 34.6 Å². The quantitative estimate of drug-likeness (QED) is 0.412. The predicted octanol–water partition coefficient (Wildman–Crippen LogP) is 4.19. The molecule has 2 heterocycles. The second-order valence-corrected chi connectivity index (χ2v) is 8.32. The number of anilines is 1. The summed E-state index contributed by atoms with van der Waals surface area (Å²) >= 11 is 9.88. The van der Waals surface area contributed by atoms with E-state index in [1.165, 1.54) is 16.7 Å². The standard InChI is InChI=1S/C17H17BrN2O2S2/c1-3-4-5-8-20-12-7-6-10(18)9-11(12)13(15(20)21)14-16(22)19(2)17(23)24-14/h6-7,9H,3-5,8H2,1-2H3/b14-13+. The van der Waals surface area contributed by atoms with E-state index in [4.69, 9.17) is 12.2 Å². The largest absolute Gasteiger partial charge is 0.308 e. The first-order chi connectivity index (χ1) is 11.5. The number of carbonyl (C=O) groups excluding carboxylic acids is 2. The van der Waals surface area contributed by atoms with E-state index >= 15 is 0 Å². The number of nitrogens with zero attached hydrogens (tertiary/aromatic N) is 2. The molecule has 1 aromatic rings. The van der Waals surface area contributed by atoms with Crippen LogP contribution in [0.1, 0.15) is 31.7 Å². The third kappa shape index (κ3) is 2.93. The monoisotopic (exact) mass is 424 g/mol. The molecule has 0 N–H and O–H groups in total. The van der Waals surface area contributed by atoms with Crippen molar-refractivity contribution in [3.63, 3.8) is 0 Å². The fourth-order valence-corrected chi connectivity index (χ4v) is 4.47. The van der Waals surface area contributed by atoms with Crippen LogP contribution in [0.5, 0.6) is 0 Å². The highest BCUT2D eigenvalue weighted by Gasteiger charge is 2.40. The van der Waals surface area contributed by atoms with Crippen LogP contribution in [0.4, 0.5) is 5.69 Å². The second kappa shape index (κ2) is 6.98. The molecule has 1 aromatic carbocycles. The summed E-state index contributed by atoms with van der Waals surface area (Å²) in [5.74, 6) is -0.303. The Kier molecular flexibility index (Phi) is 5.13. The van der Waals surface area contributed by atoms with Crippen LogP contribution in [-0.2, 0) is 9.59 Å². The fraction of sp³-hybridized carbons (Fsp3) is 0.353. The van der Waals surface area contributed by atoms with Crippen LogP contribution in [0.25, 0.3) is 5.57 Å². The molecule has 0 saturated carbocycles. The van der Waals surface area contributed by atoms with Crippen molar-refractivity contribution in [2.24, 2.45) is 0 Å². The van der Waals surface area contributed by atoms with Gasteiger partial charge in [-0.2, -0.15) is 0 Å². The third-order valence-electron chi connectivity index (χ3n) is 4.15. The maximum atomic E-state index is 13.0. The maximum absolute atomic E-state index is 13.0. The van der Waals surface area contributed by atoms with Gasteiger partial charge in [0.2, 0.25) is 0 Å². The molecule has 0 unspecified atom stereocenters. The number of rotatable bonds is 4. The molecule has 0 atom stereocenters. The number of hydrogen-bond donors (Lipinski definition) is 0. The summed E-state index contributed by atoms with van der Waals surface area (Å²) in [6.45, 7) is 2.80. The lowest BCUT2D eigenvalue weighted by atomic mass is 10.1. The molecule has 2 amide bonds. The zero-order chi connectivity index (χ0) is 17.4. The van der Waals surface area contributed by atoms with Gasteiger partial charge in [-0.1, -0.05) is 59.7 Å². The van der Waals surface area contributed by atoms with Crippen molar-refractivity contribution in [2.45, 2.75) is 26.2 Å². The number of thioether (sulfide) groups is 1. The van der Waals surface area contributed by atoms with Gasteiger partial charge in [0, 0.05) is 23.6 Å². The van der Waals surface area contributed by atoms with Gasteiger partial charge in [0.1, 0.15) is 4.32 Å². The van der Waals surface area contributed by atoms with Crippen molar-refractivity contribution in [3.8, 4) is 0 Å². The molecular formula is C17H17BrN2O2S2. The topological polar surface area (TPSA) is 40.6 Å². The van der Waals surface area contributed by atoms with Gasteiger partial charge in [-0.25, -0.2) is 0 Å². The minimum absolute atomic E-state index is 0.104. The first kappa shape index (κ1) is 17.6. The number of fused-ring (bicyclic) bond motifs is 1. The van der Waals surface area contributed by atoms with Crippen LogP contribution < -0.4 is 4.90 Å². The van der Waals surface area contributed by atoms with E-state index in [1.54, 1.807) is 11.9 Å². The summed E-state index contributed by atoms with van der Waals surface area (Å²) in [7, 11) is 1.64. The molecule has 126 valence electrons. The lowest BCUT2D eigenvalue weighted by molar-refractivity contribution is -0.121. The lowest BCUT2D eigenvalue weighted by Gasteiger charge is -2.16. The molecule has 3 rings (SSSR count). The Morgan fingerprint density at radius 3 is 2.58 bits per heavy atom. The van der Waals surface area contributed by atoms with Gasteiger partial charge in [-0.3, -0.25) is 14.5 Å². The highest BCUT2D eigenvalue weighted by molar-refractivity contribution is 9.10. The lowest BCUT2D eigenvalue weighted by Crippen LogP contribution is -2.28. The molecule has 0 spiro atoms. The van der Waals surface area contributed by atoms with Gasteiger partial charge in [0.25, 0.3) is 11.8 Å². The molecule has 7 heteroatoms. The van der Waals surface area contributed by atoms with Gasteiger partial charge >= 0.3 is 0 Å². The SMILES string of the molecule is CCCCCN1C(=O)/C(=C2/SC(=S)N(C)C2=O)c2cc(Br)ccc21. The van der Waals surface area contributed by atoms with Gasteiger partial charge in [-0.15, -0.1) is 0 Å². The van der Waals surface area contributed by atoms with Gasteiger partial charge in [-0.05, 0) is 24.6 Å². The van der Waals surface area contributed by atoms with Crippen molar-refractivity contribution in [2.75, 3.05) is 18.5 Å².